The van der Waals surface area contributed by atoms with Gasteiger partial charge >= 0.3 is 0 Å². The van der Waals surface area contributed by atoms with Gasteiger partial charge in [-0.05, 0) is 44.0 Å². The molecule has 1 aromatic carbocycles. The van der Waals surface area contributed by atoms with Crippen LogP contribution in [0, 0.1) is 0 Å². The number of benzene rings is 1. The van der Waals surface area contributed by atoms with Crippen molar-refractivity contribution in [2.75, 3.05) is 18.1 Å². The summed E-state index contributed by atoms with van der Waals surface area (Å²) in [5.41, 5.74) is 4.04. The number of carbonyl (C=O) groups excluding carboxylic acids is 3. The van der Waals surface area contributed by atoms with Crippen LogP contribution in [0.2, 0.25) is 0 Å². The smallest absolute Gasteiger partial charge is 0.290 e. The Morgan fingerprint density at radius 1 is 1.10 bits per heavy atom. The molecule has 3 amide bonds. The minimum absolute atomic E-state index is 0.0145. The van der Waals surface area contributed by atoms with Crippen LogP contribution in [0.25, 0.3) is 0 Å². The molecule has 2 aliphatic rings. The summed E-state index contributed by atoms with van der Waals surface area (Å²) >= 11 is 0. The number of hydrogen-bond donors (Lipinski definition) is 2. The summed E-state index contributed by atoms with van der Waals surface area (Å²) in [6, 6.07) is 11.9. The lowest BCUT2D eigenvalue weighted by Gasteiger charge is -2.35. The van der Waals surface area contributed by atoms with Gasteiger partial charge in [0.05, 0.1) is 11.3 Å². The highest BCUT2D eigenvalue weighted by Gasteiger charge is 2.34. The molecule has 160 valence electrons. The summed E-state index contributed by atoms with van der Waals surface area (Å²) in [6.45, 7) is 2.66. The number of aromatic nitrogens is 1. The Kier molecular flexibility index (Phi) is 5.92. The van der Waals surface area contributed by atoms with Gasteiger partial charge in [0.1, 0.15) is 6.04 Å². The molecule has 0 bridgehead atoms. The van der Waals surface area contributed by atoms with Crippen molar-refractivity contribution in [3.8, 4) is 0 Å². The van der Waals surface area contributed by atoms with Gasteiger partial charge in [-0.2, -0.15) is 0 Å². The highest BCUT2D eigenvalue weighted by atomic mass is 16.2. The van der Waals surface area contributed by atoms with E-state index >= 15 is 0 Å². The van der Waals surface area contributed by atoms with Gasteiger partial charge in [0.2, 0.25) is 5.84 Å². The number of likely N-dealkylation sites (tertiary alicyclic amines) is 1. The number of piperidine rings is 1. The molecule has 2 N–H and O–H groups in total. The number of para-hydroxylation sites is 1. The number of rotatable bonds is 4. The van der Waals surface area contributed by atoms with Crippen LogP contribution in [-0.4, -0.2) is 58.6 Å². The third-order valence-electron chi connectivity index (χ3n) is 5.38. The highest BCUT2D eigenvalue weighted by Crippen LogP contribution is 2.17. The van der Waals surface area contributed by atoms with Crippen molar-refractivity contribution in [2.45, 2.75) is 31.8 Å². The van der Waals surface area contributed by atoms with Crippen LogP contribution in [0.4, 0.5) is 5.69 Å². The molecule has 0 radical (unpaired) electrons. The van der Waals surface area contributed by atoms with E-state index in [0.717, 1.165) is 0 Å². The summed E-state index contributed by atoms with van der Waals surface area (Å²) in [6.07, 6.45) is 4.43. The lowest BCUT2D eigenvalue weighted by atomic mass is 10.0. The number of aliphatic imine (C=N–C) groups is 1. The van der Waals surface area contributed by atoms with E-state index in [9.17, 15) is 14.4 Å². The van der Waals surface area contributed by atoms with Gasteiger partial charge in [0.25, 0.3) is 17.7 Å². The number of nitrogens with one attached hydrogen (secondary N) is 2. The Bertz CT molecular complexity index is 987. The molecule has 0 aliphatic carbocycles. The van der Waals surface area contributed by atoms with E-state index in [4.69, 9.17) is 0 Å². The summed E-state index contributed by atoms with van der Waals surface area (Å²) in [5, 5.41) is 4.37. The van der Waals surface area contributed by atoms with Crippen LogP contribution in [-0.2, 0) is 9.59 Å². The molecule has 1 unspecified atom stereocenters. The average Bonchev–Trinajstić information content (AvgIpc) is 2.82. The van der Waals surface area contributed by atoms with Crippen molar-refractivity contribution >= 4 is 29.2 Å². The predicted octanol–water partition coefficient (Wildman–Crippen LogP) is 1.14. The topological polar surface area (TPSA) is 107 Å². The number of amidine groups is 1. The molecular weight excluding hydrogens is 396 g/mol. The van der Waals surface area contributed by atoms with Gasteiger partial charge < -0.3 is 10.2 Å². The fraction of sp³-hybridized carbons (Fsp3) is 0.318. The monoisotopic (exact) mass is 420 g/mol. The zero-order valence-electron chi connectivity index (χ0n) is 17.2. The minimum Gasteiger partial charge on any atom is -0.349 e. The van der Waals surface area contributed by atoms with E-state index in [1.807, 2.05) is 18.2 Å². The maximum absolute atomic E-state index is 13.0. The molecular formula is C22H24N6O3. The van der Waals surface area contributed by atoms with Crippen LogP contribution in [0.15, 0.2) is 59.9 Å². The zero-order chi connectivity index (χ0) is 21.8. The first-order valence-corrected chi connectivity index (χ1v) is 10.3. The molecule has 0 spiro atoms. The number of anilines is 1. The van der Waals surface area contributed by atoms with E-state index in [-0.39, 0.29) is 29.6 Å². The molecule has 1 fully saturated rings. The van der Waals surface area contributed by atoms with Crippen LogP contribution < -0.4 is 15.8 Å². The maximum atomic E-state index is 13.0. The summed E-state index contributed by atoms with van der Waals surface area (Å²) in [7, 11) is 0. The van der Waals surface area contributed by atoms with Crippen LogP contribution in [0.1, 0.15) is 30.1 Å². The Morgan fingerprint density at radius 3 is 2.52 bits per heavy atom. The lowest BCUT2D eigenvalue weighted by Crippen LogP contribution is -2.59. The van der Waals surface area contributed by atoms with Crippen molar-refractivity contribution in [3.63, 3.8) is 0 Å². The predicted molar refractivity (Wildman–Crippen MR) is 115 cm³/mol. The third kappa shape index (κ3) is 4.55. The molecule has 9 nitrogen and oxygen atoms in total. The normalized spacial score (nSPS) is 19.5. The Labute approximate surface area is 180 Å². The van der Waals surface area contributed by atoms with Gasteiger partial charge in [-0.3, -0.25) is 24.8 Å². The van der Waals surface area contributed by atoms with Gasteiger partial charge in [0, 0.05) is 31.5 Å². The molecule has 1 aromatic heterocycles. The first kappa shape index (κ1) is 20.5. The average molecular weight is 420 g/mol. The molecule has 3 heterocycles. The van der Waals surface area contributed by atoms with Crippen LogP contribution in [0.5, 0.6) is 0 Å². The van der Waals surface area contributed by atoms with E-state index in [0.29, 0.717) is 37.2 Å². The van der Waals surface area contributed by atoms with E-state index < -0.39 is 6.04 Å². The summed E-state index contributed by atoms with van der Waals surface area (Å²) in [4.78, 5) is 47.8. The molecule has 1 atom stereocenters. The number of pyridine rings is 1. The first-order chi connectivity index (χ1) is 15.0. The summed E-state index contributed by atoms with van der Waals surface area (Å²) in [5.74, 6) is -0.493. The quantitative estimate of drug-likeness (QED) is 0.772. The second kappa shape index (κ2) is 8.95. The molecule has 9 heteroatoms. The van der Waals surface area contributed by atoms with Gasteiger partial charge in [-0.1, -0.05) is 18.2 Å². The van der Waals surface area contributed by atoms with Crippen molar-refractivity contribution in [1.29, 1.82) is 0 Å². The second-order valence-corrected chi connectivity index (χ2v) is 7.56. The lowest BCUT2D eigenvalue weighted by molar-refractivity contribution is -0.125. The van der Waals surface area contributed by atoms with Gasteiger partial charge in [-0.15, -0.1) is 0 Å². The number of carbonyl (C=O) groups is 3. The molecule has 2 aliphatic heterocycles. The highest BCUT2D eigenvalue weighted by molar-refractivity contribution is 6.39. The van der Waals surface area contributed by atoms with E-state index in [1.165, 1.54) is 11.2 Å². The number of hydrogen-bond acceptors (Lipinski definition) is 6. The number of nitrogens with zero attached hydrogens (tertiary/aromatic N) is 4. The third-order valence-corrected chi connectivity index (χ3v) is 5.38. The van der Waals surface area contributed by atoms with E-state index in [2.05, 4.69) is 20.7 Å². The molecule has 31 heavy (non-hydrogen) atoms. The molecule has 2 aromatic rings. The number of hydrazine groups is 1. The first-order valence-electron chi connectivity index (χ1n) is 10.3. The van der Waals surface area contributed by atoms with Crippen LogP contribution >= 0.6 is 0 Å². The Hall–Kier alpha value is -3.75. The largest absolute Gasteiger partial charge is 0.349 e. The van der Waals surface area contributed by atoms with Crippen molar-refractivity contribution in [3.05, 3.63) is 60.4 Å². The Morgan fingerprint density at radius 2 is 1.84 bits per heavy atom. The van der Waals surface area contributed by atoms with Crippen molar-refractivity contribution in [2.24, 2.45) is 4.99 Å². The minimum atomic E-state index is -0.656. The van der Waals surface area contributed by atoms with Gasteiger partial charge in [-0.25, -0.2) is 10.0 Å². The van der Waals surface area contributed by atoms with E-state index in [1.54, 1.807) is 42.3 Å². The maximum Gasteiger partial charge on any atom is 0.290 e. The van der Waals surface area contributed by atoms with Crippen molar-refractivity contribution < 1.29 is 14.4 Å². The standard InChI is InChI=1S/C22H24N6O3/c1-15-21(30)28(18-7-3-2-4-8-18)26-19(24-15)22(31)27-12-9-17(10-13-27)25-20(29)16-6-5-11-23-14-16/h2-8,11,14-15,17H,9-10,12-13H2,1H3,(H,24,26)(H,25,29). The second-order valence-electron chi connectivity index (χ2n) is 7.56. The fourth-order valence-electron chi connectivity index (χ4n) is 3.64. The van der Waals surface area contributed by atoms with Crippen LogP contribution in [0.3, 0.4) is 0 Å². The number of amides is 3. The molecule has 0 saturated carbocycles. The van der Waals surface area contributed by atoms with Gasteiger partial charge in [0.15, 0.2) is 0 Å². The zero-order valence-corrected chi connectivity index (χ0v) is 17.2. The molecule has 4 rings (SSSR count). The Balaban J connectivity index is 1.36. The van der Waals surface area contributed by atoms with Crippen molar-refractivity contribution in [1.82, 2.24) is 20.6 Å². The molecule has 1 saturated heterocycles. The SMILES string of the molecule is CC1N=C(C(=O)N2CCC(NC(=O)c3cccnc3)CC2)NN(c2ccccc2)C1=O. The summed E-state index contributed by atoms with van der Waals surface area (Å²) < 4.78 is 0. The fourth-order valence-corrected chi connectivity index (χ4v) is 3.64.